The van der Waals surface area contributed by atoms with Gasteiger partial charge in [0, 0.05) is 81.6 Å². The number of piperazine rings is 2. The first-order chi connectivity index (χ1) is 14.8. The third kappa shape index (κ3) is 4.42. The number of nitro benzene ring substituents is 1. The molecule has 2 fully saturated rings. The highest BCUT2D eigenvalue weighted by molar-refractivity contribution is 7.86. The van der Waals surface area contributed by atoms with Gasteiger partial charge >= 0.3 is 0 Å². The largest absolute Gasteiger partial charge is 0.339 e. The fourth-order valence-electron chi connectivity index (χ4n) is 4.04. The van der Waals surface area contributed by atoms with Gasteiger partial charge in [0.05, 0.1) is 4.92 Å². The summed E-state index contributed by atoms with van der Waals surface area (Å²) in [7, 11) is -1.53. The van der Waals surface area contributed by atoms with Gasteiger partial charge in [-0.1, -0.05) is 0 Å². The summed E-state index contributed by atoms with van der Waals surface area (Å²) in [5, 5.41) is 11.6. The number of hydrogen-bond donors (Lipinski definition) is 0. The van der Waals surface area contributed by atoms with Crippen LogP contribution >= 0.6 is 0 Å². The Morgan fingerprint density at radius 3 is 2.23 bits per heavy atom. The number of nitrogens with zero attached hydrogens (tertiary/aromatic N) is 6. The van der Waals surface area contributed by atoms with Crippen LogP contribution in [-0.2, 0) is 21.5 Å². The summed E-state index contributed by atoms with van der Waals surface area (Å²) >= 11 is 0. The average molecular weight is 451 g/mol. The molecule has 0 N–H and O–H groups in total. The Bertz CT molecular complexity index is 1080. The van der Waals surface area contributed by atoms with E-state index in [0.717, 1.165) is 5.52 Å². The number of fused-ring (bicyclic) bond motifs is 1. The van der Waals surface area contributed by atoms with Crippen LogP contribution in [0, 0.1) is 10.1 Å². The number of likely N-dealkylation sites (N-methyl/N-ethyl adjacent to an activating group) is 1. The van der Waals surface area contributed by atoms with Crippen LogP contribution in [0.2, 0.25) is 0 Å². The minimum atomic E-state index is -3.51. The van der Waals surface area contributed by atoms with Crippen molar-refractivity contribution in [1.82, 2.24) is 23.0 Å². The molecule has 4 rings (SSSR count). The maximum Gasteiger partial charge on any atom is 0.282 e. The first-order valence-corrected chi connectivity index (χ1v) is 11.6. The van der Waals surface area contributed by atoms with Crippen LogP contribution in [0.5, 0.6) is 0 Å². The normalized spacial score (nSPS) is 19.7. The van der Waals surface area contributed by atoms with Crippen molar-refractivity contribution in [2.45, 2.75) is 6.54 Å². The first kappa shape index (κ1) is 21.7. The number of amides is 1. The molecule has 168 valence electrons. The van der Waals surface area contributed by atoms with Gasteiger partial charge in [-0.2, -0.15) is 17.0 Å². The SMILES string of the molecule is CN1CCN(S(=O)(=O)N2CCN(C(=O)Cn3ccc4cc([N+](=O)[O-])ccc43)CC2)CC1. The van der Waals surface area contributed by atoms with E-state index in [1.165, 1.54) is 20.7 Å². The van der Waals surface area contributed by atoms with Gasteiger partial charge in [0.25, 0.3) is 15.9 Å². The summed E-state index contributed by atoms with van der Waals surface area (Å²) < 4.78 is 30.5. The molecule has 0 radical (unpaired) electrons. The van der Waals surface area contributed by atoms with E-state index in [1.807, 2.05) is 7.05 Å². The van der Waals surface area contributed by atoms with Crippen molar-refractivity contribution >= 4 is 32.7 Å². The molecule has 1 amide bonds. The van der Waals surface area contributed by atoms with Gasteiger partial charge in [-0.15, -0.1) is 0 Å². The second-order valence-corrected chi connectivity index (χ2v) is 9.86. The van der Waals surface area contributed by atoms with Crippen molar-refractivity contribution in [3.8, 4) is 0 Å². The molecule has 12 heteroatoms. The van der Waals surface area contributed by atoms with Crippen LogP contribution in [0.25, 0.3) is 10.9 Å². The molecule has 0 bridgehead atoms. The molecule has 0 spiro atoms. The van der Waals surface area contributed by atoms with E-state index in [1.54, 1.807) is 27.8 Å². The van der Waals surface area contributed by atoms with Crippen LogP contribution in [0.15, 0.2) is 30.5 Å². The number of nitro groups is 1. The lowest BCUT2D eigenvalue weighted by Crippen LogP contribution is -2.57. The smallest absolute Gasteiger partial charge is 0.282 e. The van der Waals surface area contributed by atoms with Crippen LogP contribution < -0.4 is 0 Å². The minimum Gasteiger partial charge on any atom is -0.339 e. The molecule has 2 aliphatic rings. The third-order valence-electron chi connectivity index (χ3n) is 5.98. The number of carbonyl (C=O) groups excluding carboxylic acids is 1. The van der Waals surface area contributed by atoms with Crippen LogP contribution in [0.1, 0.15) is 0 Å². The predicted molar refractivity (Wildman–Crippen MR) is 115 cm³/mol. The first-order valence-electron chi connectivity index (χ1n) is 10.2. The molecule has 0 atom stereocenters. The number of benzene rings is 1. The lowest BCUT2D eigenvalue weighted by Gasteiger charge is -2.39. The Labute approximate surface area is 180 Å². The number of non-ortho nitro benzene ring substituents is 1. The van der Waals surface area contributed by atoms with Crippen molar-refractivity contribution in [3.63, 3.8) is 0 Å². The summed E-state index contributed by atoms with van der Waals surface area (Å²) in [5.74, 6) is -0.104. The molecule has 2 aromatic rings. The van der Waals surface area contributed by atoms with Crippen LogP contribution in [-0.4, -0.2) is 102 Å². The number of rotatable bonds is 5. The monoisotopic (exact) mass is 450 g/mol. The number of carbonyl (C=O) groups is 1. The molecule has 0 unspecified atom stereocenters. The summed E-state index contributed by atoms with van der Waals surface area (Å²) in [6, 6.07) is 6.29. The predicted octanol–water partition coefficient (Wildman–Crippen LogP) is 0.186. The molecular weight excluding hydrogens is 424 g/mol. The van der Waals surface area contributed by atoms with E-state index in [9.17, 15) is 23.3 Å². The Morgan fingerprint density at radius 2 is 1.61 bits per heavy atom. The van der Waals surface area contributed by atoms with Crippen molar-refractivity contribution in [2.75, 3.05) is 59.4 Å². The van der Waals surface area contributed by atoms with Gasteiger partial charge in [0.1, 0.15) is 6.54 Å². The van der Waals surface area contributed by atoms with Crippen molar-refractivity contribution < 1.29 is 18.1 Å². The molecule has 11 nitrogen and oxygen atoms in total. The summed E-state index contributed by atoms with van der Waals surface area (Å²) in [6.07, 6.45) is 1.74. The zero-order valence-electron chi connectivity index (χ0n) is 17.4. The average Bonchev–Trinajstić information content (AvgIpc) is 3.16. The van der Waals surface area contributed by atoms with Gasteiger partial charge < -0.3 is 14.4 Å². The molecule has 2 aliphatic heterocycles. The maximum absolute atomic E-state index is 12.9. The zero-order chi connectivity index (χ0) is 22.2. The summed E-state index contributed by atoms with van der Waals surface area (Å²) in [4.78, 5) is 27.1. The van der Waals surface area contributed by atoms with Crippen molar-refractivity contribution in [1.29, 1.82) is 0 Å². The van der Waals surface area contributed by atoms with E-state index in [2.05, 4.69) is 4.90 Å². The van der Waals surface area contributed by atoms with Gasteiger partial charge in [-0.05, 0) is 19.2 Å². The molecule has 0 saturated carbocycles. The van der Waals surface area contributed by atoms with Gasteiger partial charge in [0.2, 0.25) is 5.91 Å². The van der Waals surface area contributed by atoms with Crippen LogP contribution in [0.4, 0.5) is 5.69 Å². The van der Waals surface area contributed by atoms with E-state index >= 15 is 0 Å². The molecule has 31 heavy (non-hydrogen) atoms. The standard InChI is InChI=1S/C19H26N6O5S/c1-20-6-10-23(11-7-20)31(29,30)24-12-8-21(9-13-24)19(26)15-22-5-4-16-14-17(25(27)28)2-3-18(16)22/h2-5,14H,6-13,15H2,1H3. The Balaban J connectivity index is 1.36. The highest BCUT2D eigenvalue weighted by Gasteiger charge is 2.34. The minimum absolute atomic E-state index is 0.00857. The van der Waals surface area contributed by atoms with Crippen molar-refractivity contribution in [2.24, 2.45) is 0 Å². The van der Waals surface area contributed by atoms with Gasteiger partial charge in [-0.3, -0.25) is 14.9 Å². The second kappa shape index (κ2) is 8.54. The van der Waals surface area contributed by atoms with Crippen molar-refractivity contribution in [3.05, 3.63) is 40.6 Å². The molecule has 2 saturated heterocycles. The summed E-state index contributed by atoms with van der Waals surface area (Å²) in [6.45, 7) is 3.74. The molecule has 3 heterocycles. The second-order valence-electron chi connectivity index (χ2n) is 7.93. The van der Waals surface area contributed by atoms with E-state index < -0.39 is 15.1 Å². The number of aromatic nitrogens is 1. The van der Waals surface area contributed by atoms with Gasteiger partial charge in [-0.25, -0.2) is 0 Å². The lowest BCUT2D eigenvalue weighted by molar-refractivity contribution is -0.384. The molecule has 0 aliphatic carbocycles. The molecular formula is C19H26N6O5S. The lowest BCUT2D eigenvalue weighted by atomic mass is 10.2. The van der Waals surface area contributed by atoms with Gasteiger partial charge in [0.15, 0.2) is 0 Å². The fraction of sp³-hybridized carbons (Fsp3) is 0.526. The van der Waals surface area contributed by atoms with E-state index in [0.29, 0.717) is 44.7 Å². The molecule has 1 aromatic heterocycles. The molecule has 1 aromatic carbocycles. The number of hydrogen-bond acceptors (Lipinski definition) is 6. The Hall–Kier alpha value is -2.54. The topological polar surface area (TPSA) is 112 Å². The van der Waals surface area contributed by atoms with E-state index in [4.69, 9.17) is 0 Å². The quantitative estimate of drug-likeness (QED) is 0.475. The highest BCUT2D eigenvalue weighted by Crippen LogP contribution is 2.22. The van der Waals surface area contributed by atoms with Crippen LogP contribution in [0.3, 0.4) is 0 Å². The Kier molecular flexibility index (Phi) is 5.97. The zero-order valence-corrected chi connectivity index (χ0v) is 18.2. The van der Waals surface area contributed by atoms with E-state index in [-0.39, 0.29) is 31.2 Å². The highest BCUT2D eigenvalue weighted by atomic mass is 32.2. The fourth-order valence-corrected chi connectivity index (χ4v) is 5.61. The maximum atomic E-state index is 12.9. The summed E-state index contributed by atoms with van der Waals surface area (Å²) in [5.41, 5.74) is 0.754. The third-order valence-corrected chi connectivity index (χ3v) is 8.01. The Morgan fingerprint density at radius 1 is 1.00 bits per heavy atom.